The quantitative estimate of drug-likeness (QED) is 0.331. The molecule has 2 aliphatic rings. The molecule has 1 aliphatic heterocycles. The standard InChI is InChI=1S/C30H31BrO4/c1-20(19-31)16-24-17-25-23(14-15-26(32-2)29(25)33-3)18-30(24)34-27(21-10-6-4-7-11-21)28(35-30)22-12-8-5-9-13-22/h4-15,19,24,27-28H,16-18H2,1-3H3/b20-19-/t24-,27+,28+/m1/s1. The second kappa shape index (κ2) is 10.2. The van der Waals surface area contributed by atoms with E-state index in [0.29, 0.717) is 6.42 Å². The summed E-state index contributed by atoms with van der Waals surface area (Å²) in [5.74, 6) is 0.906. The van der Waals surface area contributed by atoms with Gasteiger partial charge in [-0.05, 0) is 47.5 Å². The van der Waals surface area contributed by atoms with E-state index in [1.807, 2.05) is 23.2 Å². The number of methoxy groups -OCH3 is 2. The molecular weight excluding hydrogens is 504 g/mol. The lowest BCUT2D eigenvalue weighted by Gasteiger charge is -2.41. The van der Waals surface area contributed by atoms with E-state index < -0.39 is 5.79 Å². The third kappa shape index (κ3) is 4.53. The topological polar surface area (TPSA) is 36.9 Å². The summed E-state index contributed by atoms with van der Waals surface area (Å²) in [6.07, 6.45) is 1.87. The van der Waals surface area contributed by atoms with E-state index in [0.717, 1.165) is 35.5 Å². The third-order valence-electron chi connectivity index (χ3n) is 7.19. The van der Waals surface area contributed by atoms with Crippen molar-refractivity contribution in [1.82, 2.24) is 0 Å². The van der Waals surface area contributed by atoms with Crippen molar-refractivity contribution in [2.75, 3.05) is 14.2 Å². The van der Waals surface area contributed by atoms with Crippen LogP contribution in [-0.2, 0) is 22.3 Å². The van der Waals surface area contributed by atoms with Gasteiger partial charge in [-0.25, -0.2) is 0 Å². The zero-order chi connectivity index (χ0) is 24.4. The van der Waals surface area contributed by atoms with Crippen molar-refractivity contribution in [2.45, 2.75) is 44.2 Å². The minimum atomic E-state index is -0.759. The third-order valence-corrected chi connectivity index (χ3v) is 7.98. The maximum atomic E-state index is 7.05. The second-order valence-electron chi connectivity index (χ2n) is 9.39. The predicted octanol–water partition coefficient (Wildman–Crippen LogP) is 7.33. The molecule has 5 heteroatoms. The summed E-state index contributed by atoms with van der Waals surface area (Å²) in [5.41, 5.74) is 5.85. The lowest BCUT2D eigenvalue weighted by Crippen LogP contribution is -2.46. The maximum absolute atomic E-state index is 7.05. The summed E-state index contributed by atoms with van der Waals surface area (Å²) >= 11 is 3.53. The van der Waals surface area contributed by atoms with E-state index in [1.165, 1.54) is 16.7 Å². The van der Waals surface area contributed by atoms with E-state index in [1.54, 1.807) is 14.2 Å². The van der Waals surface area contributed by atoms with Crippen LogP contribution in [0.1, 0.15) is 47.8 Å². The van der Waals surface area contributed by atoms with E-state index in [4.69, 9.17) is 18.9 Å². The molecule has 0 N–H and O–H groups in total. The largest absolute Gasteiger partial charge is 0.493 e. The van der Waals surface area contributed by atoms with Crippen molar-refractivity contribution >= 4 is 15.9 Å². The first kappa shape index (κ1) is 24.1. The van der Waals surface area contributed by atoms with Crippen LogP contribution in [0.2, 0.25) is 0 Å². The van der Waals surface area contributed by atoms with E-state index in [2.05, 4.69) is 77.5 Å². The smallest absolute Gasteiger partial charge is 0.177 e. The molecule has 35 heavy (non-hydrogen) atoms. The number of fused-ring (bicyclic) bond motifs is 1. The number of hydrogen-bond donors (Lipinski definition) is 0. The zero-order valence-corrected chi connectivity index (χ0v) is 22.0. The number of halogens is 1. The molecule has 3 aromatic carbocycles. The van der Waals surface area contributed by atoms with Crippen molar-refractivity contribution in [3.63, 3.8) is 0 Å². The summed E-state index contributed by atoms with van der Waals surface area (Å²) < 4.78 is 25.5. The Hall–Kier alpha value is -2.60. The molecule has 0 unspecified atom stereocenters. The van der Waals surface area contributed by atoms with Gasteiger partial charge >= 0.3 is 0 Å². The van der Waals surface area contributed by atoms with Gasteiger partial charge in [0, 0.05) is 17.9 Å². The average molecular weight is 535 g/mol. The first-order valence-corrected chi connectivity index (χ1v) is 12.9. The van der Waals surface area contributed by atoms with Crippen molar-refractivity contribution in [3.05, 3.63) is 106 Å². The van der Waals surface area contributed by atoms with E-state index in [-0.39, 0.29) is 18.1 Å². The van der Waals surface area contributed by atoms with Crippen molar-refractivity contribution in [1.29, 1.82) is 0 Å². The maximum Gasteiger partial charge on any atom is 0.177 e. The molecule has 3 atom stereocenters. The summed E-state index contributed by atoms with van der Waals surface area (Å²) in [5, 5.41) is 0. The fraction of sp³-hybridized carbons (Fsp3) is 0.333. The molecule has 1 aliphatic carbocycles. The molecule has 0 aromatic heterocycles. The Morgan fingerprint density at radius 1 is 0.914 bits per heavy atom. The lowest BCUT2D eigenvalue weighted by molar-refractivity contribution is -0.216. The highest BCUT2D eigenvalue weighted by Gasteiger charge is 2.55. The molecule has 0 saturated carbocycles. The molecule has 0 radical (unpaired) electrons. The molecule has 1 saturated heterocycles. The molecule has 1 spiro atoms. The highest BCUT2D eigenvalue weighted by molar-refractivity contribution is 9.11. The molecule has 0 bridgehead atoms. The number of hydrogen-bond acceptors (Lipinski definition) is 4. The van der Waals surface area contributed by atoms with Gasteiger partial charge in [0.15, 0.2) is 17.3 Å². The monoisotopic (exact) mass is 534 g/mol. The molecule has 1 heterocycles. The Morgan fingerprint density at radius 2 is 1.51 bits per heavy atom. The summed E-state index contributed by atoms with van der Waals surface area (Å²) in [4.78, 5) is 2.00. The first-order valence-electron chi connectivity index (χ1n) is 12.0. The molecule has 0 amide bonds. The highest BCUT2D eigenvalue weighted by Crippen LogP contribution is 2.55. The summed E-state index contributed by atoms with van der Waals surface area (Å²) in [7, 11) is 3.39. The number of allylic oxidation sites excluding steroid dienone is 1. The number of ether oxygens (including phenoxy) is 4. The molecule has 182 valence electrons. The van der Waals surface area contributed by atoms with Gasteiger partial charge in [-0.1, -0.05) is 88.2 Å². The van der Waals surface area contributed by atoms with Gasteiger partial charge in [-0.3, -0.25) is 0 Å². The van der Waals surface area contributed by atoms with Crippen LogP contribution in [0.3, 0.4) is 0 Å². The predicted molar refractivity (Wildman–Crippen MR) is 141 cm³/mol. The van der Waals surface area contributed by atoms with Gasteiger partial charge in [-0.15, -0.1) is 0 Å². The fourth-order valence-corrected chi connectivity index (χ4v) is 5.71. The van der Waals surface area contributed by atoms with Crippen LogP contribution in [0.15, 0.2) is 83.4 Å². The second-order valence-corrected chi connectivity index (χ2v) is 9.84. The van der Waals surface area contributed by atoms with Gasteiger partial charge in [0.25, 0.3) is 0 Å². The molecule has 4 nitrogen and oxygen atoms in total. The molecule has 5 rings (SSSR count). The van der Waals surface area contributed by atoms with Crippen LogP contribution in [0.25, 0.3) is 0 Å². The summed E-state index contributed by atoms with van der Waals surface area (Å²) in [6, 6.07) is 25.0. The normalized spacial score (nSPS) is 23.2. The van der Waals surface area contributed by atoms with Gasteiger partial charge in [-0.2, -0.15) is 0 Å². The first-order chi connectivity index (χ1) is 17.1. The van der Waals surface area contributed by atoms with Crippen molar-refractivity contribution < 1.29 is 18.9 Å². The minimum Gasteiger partial charge on any atom is -0.493 e. The SMILES string of the molecule is COc1ccc2c(c1OC)C[C@@H](C/C(C)=C\Br)C1(C2)O[C@@H](c2ccccc2)[C@H](c2ccccc2)O1. The minimum absolute atomic E-state index is 0.102. The van der Waals surface area contributed by atoms with Crippen LogP contribution < -0.4 is 9.47 Å². The fourth-order valence-electron chi connectivity index (χ4n) is 5.52. The number of benzene rings is 3. The lowest BCUT2D eigenvalue weighted by atomic mass is 9.76. The average Bonchev–Trinajstić information content (AvgIpc) is 3.29. The van der Waals surface area contributed by atoms with Gasteiger partial charge in [0.05, 0.1) is 14.2 Å². The van der Waals surface area contributed by atoms with Crippen LogP contribution in [0.5, 0.6) is 11.5 Å². The molecule has 1 fully saturated rings. The van der Waals surface area contributed by atoms with Crippen molar-refractivity contribution in [3.8, 4) is 11.5 Å². The Bertz CT molecular complexity index is 1140. The van der Waals surface area contributed by atoms with E-state index >= 15 is 0 Å². The van der Waals surface area contributed by atoms with Crippen LogP contribution >= 0.6 is 15.9 Å². The van der Waals surface area contributed by atoms with Crippen molar-refractivity contribution in [2.24, 2.45) is 5.92 Å². The molecule has 3 aromatic rings. The van der Waals surface area contributed by atoms with E-state index in [9.17, 15) is 0 Å². The van der Waals surface area contributed by atoms with Gasteiger partial charge in [0.2, 0.25) is 0 Å². The van der Waals surface area contributed by atoms with Gasteiger partial charge in [0.1, 0.15) is 12.2 Å². The Morgan fingerprint density at radius 3 is 2.03 bits per heavy atom. The Kier molecular flexibility index (Phi) is 7.01. The highest BCUT2D eigenvalue weighted by atomic mass is 79.9. The Labute approximate surface area is 216 Å². The zero-order valence-electron chi connectivity index (χ0n) is 20.4. The van der Waals surface area contributed by atoms with Gasteiger partial charge < -0.3 is 18.9 Å². The van der Waals surface area contributed by atoms with Crippen LogP contribution in [0.4, 0.5) is 0 Å². The summed E-state index contributed by atoms with van der Waals surface area (Å²) in [6.45, 7) is 2.14. The Balaban J connectivity index is 1.61. The van der Waals surface area contributed by atoms with Crippen LogP contribution in [-0.4, -0.2) is 20.0 Å². The molecular formula is C30H31BrO4. The van der Waals surface area contributed by atoms with Crippen LogP contribution in [0, 0.1) is 5.92 Å². The number of rotatable bonds is 6.